The molecule has 1 amide bonds. The fraction of sp³-hybridized carbons (Fsp3) is 0.200. The standard InChI is InChI=1S/C15H16N2O4/c1-20-15(19)13(10-12-8-5-9-21-12)16-17-14(18)11-6-3-2-4-7-11/h2-9,13,16H,10H2,1H3,(H,17,18)/t13-/m1/s1. The van der Waals surface area contributed by atoms with Crippen LogP contribution in [0.25, 0.3) is 0 Å². The third-order valence-electron chi connectivity index (χ3n) is 2.87. The Balaban J connectivity index is 1.96. The van der Waals surface area contributed by atoms with Crippen LogP contribution in [0, 0.1) is 0 Å². The number of carbonyl (C=O) groups excluding carboxylic acids is 2. The lowest BCUT2D eigenvalue weighted by Crippen LogP contribution is -2.49. The molecule has 2 aromatic rings. The topological polar surface area (TPSA) is 80.6 Å². The third kappa shape index (κ3) is 4.19. The van der Waals surface area contributed by atoms with Crippen molar-refractivity contribution >= 4 is 11.9 Å². The Morgan fingerprint density at radius 1 is 1.19 bits per heavy atom. The lowest BCUT2D eigenvalue weighted by Gasteiger charge is -2.16. The van der Waals surface area contributed by atoms with Crippen molar-refractivity contribution in [2.45, 2.75) is 12.5 Å². The van der Waals surface area contributed by atoms with Crippen LogP contribution >= 0.6 is 0 Å². The Morgan fingerprint density at radius 3 is 2.57 bits per heavy atom. The van der Waals surface area contributed by atoms with Gasteiger partial charge in [-0.05, 0) is 24.3 Å². The van der Waals surface area contributed by atoms with Gasteiger partial charge in [0, 0.05) is 12.0 Å². The van der Waals surface area contributed by atoms with E-state index in [4.69, 9.17) is 9.15 Å². The molecule has 1 aromatic carbocycles. The first-order valence-electron chi connectivity index (χ1n) is 6.42. The molecule has 21 heavy (non-hydrogen) atoms. The molecule has 0 radical (unpaired) electrons. The van der Waals surface area contributed by atoms with Gasteiger partial charge in [-0.15, -0.1) is 0 Å². The molecule has 0 aliphatic carbocycles. The molecule has 110 valence electrons. The van der Waals surface area contributed by atoms with Gasteiger partial charge in [-0.3, -0.25) is 15.0 Å². The fourth-order valence-electron chi connectivity index (χ4n) is 1.78. The number of nitrogens with one attached hydrogen (secondary N) is 2. The van der Waals surface area contributed by atoms with Crippen molar-refractivity contribution in [2.75, 3.05) is 7.11 Å². The van der Waals surface area contributed by atoms with Crippen LogP contribution < -0.4 is 10.9 Å². The molecule has 0 aliphatic heterocycles. The summed E-state index contributed by atoms with van der Waals surface area (Å²) in [7, 11) is 1.29. The second-order valence-corrected chi connectivity index (χ2v) is 4.32. The first-order chi connectivity index (χ1) is 10.2. The van der Waals surface area contributed by atoms with Crippen molar-refractivity contribution in [1.82, 2.24) is 10.9 Å². The van der Waals surface area contributed by atoms with Crippen molar-refractivity contribution < 1.29 is 18.7 Å². The van der Waals surface area contributed by atoms with Crippen LogP contribution in [0.1, 0.15) is 16.1 Å². The van der Waals surface area contributed by atoms with Crippen LogP contribution in [-0.2, 0) is 16.0 Å². The highest BCUT2D eigenvalue weighted by molar-refractivity contribution is 5.94. The average molecular weight is 288 g/mol. The Kier molecular flexibility index (Phi) is 5.11. The first-order valence-corrected chi connectivity index (χ1v) is 6.42. The monoisotopic (exact) mass is 288 g/mol. The van der Waals surface area contributed by atoms with Gasteiger partial charge in [0.2, 0.25) is 0 Å². The largest absolute Gasteiger partial charge is 0.469 e. The number of hydrazine groups is 1. The zero-order valence-corrected chi connectivity index (χ0v) is 11.5. The molecular weight excluding hydrogens is 272 g/mol. The predicted molar refractivity (Wildman–Crippen MR) is 75.3 cm³/mol. The maximum atomic E-state index is 11.9. The molecule has 0 saturated heterocycles. The van der Waals surface area contributed by atoms with Crippen LogP contribution in [0.5, 0.6) is 0 Å². The molecule has 1 heterocycles. The van der Waals surface area contributed by atoms with Gasteiger partial charge in [0.25, 0.3) is 5.91 Å². The molecule has 0 unspecified atom stereocenters. The number of hydrogen-bond acceptors (Lipinski definition) is 5. The van der Waals surface area contributed by atoms with Crippen LogP contribution in [-0.4, -0.2) is 25.0 Å². The summed E-state index contributed by atoms with van der Waals surface area (Å²) >= 11 is 0. The van der Waals surface area contributed by atoms with Gasteiger partial charge in [-0.1, -0.05) is 18.2 Å². The van der Waals surface area contributed by atoms with Crippen LogP contribution in [0.4, 0.5) is 0 Å². The summed E-state index contributed by atoms with van der Waals surface area (Å²) in [6.45, 7) is 0. The van der Waals surface area contributed by atoms with E-state index in [-0.39, 0.29) is 12.3 Å². The average Bonchev–Trinajstić information content (AvgIpc) is 3.04. The number of ether oxygens (including phenoxy) is 1. The van der Waals surface area contributed by atoms with Gasteiger partial charge in [-0.25, -0.2) is 5.43 Å². The van der Waals surface area contributed by atoms with E-state index in [1.807, 2.05) is 6.07 Å². The van der Waals surface area contributed by atoms with E-state index in [9.17, 15) is 9.59 Å². The molecular formula is C15H16N2O4. The van der Waals surface area contributed by atoms with E-state index >= 15 is 0 Å². The zero-order chi connectivity index (χ0) is 15.1. The molecule has 6 nitrogen and oxygen atoms in total. The van der Waals surface area contributed by atoms with Gasteiger partial charge < -0.3 is 9.15 Å². The van der Waals surface area contributed by atoms with Gasteiger partial charge in [0.1, 0.15) is 11.8 Å². The molecule has 0 saturated carbocycles. The molecule has 0 aliphatic rings. The highest BCUT2D eigenvalue weighted by Crippen LogP contribution is 2.05. The summed E-state index contributed by atoms with van der Waals surface area (Å²) in [4.78, 5) is 23.6. The van der Waals surface area contributed by atoms with Crippen molar-refractivity contribution in [3.05, 3.63) is 60.1 Å². The minimum Gasteiger partial charge on any atom is -0.469 e. The first kappa shape index (κ1) is 14.8. The summed E-state index contributed by atoms with van der Waals surface area (Å²) in [5.74, 6) is -0.199. The van der Waals surface area contributed by atoms with Crippen LogP contribution in [0.3, 0.4) is 0 Å². The second kappa shape index (κ2) is 7.25. The minimum absolute atomic E-state index is 0.273. The predicted octanol–water partition coefficient (Wildman–Crippen LogP) is 1.30. The van der Waals surface area contributed by atoms with Gasteiger partial charge >= 0.3 is 5.97 Å². The summed E-state index contributed by atoms with van der Waals surface area (Å²) < 4.78 is 9.89. The smallest absolute Gasteiger partial charge is 0.325 e. The van der Waals surface area contributed by atoms with E-state index in [1.54, 1.807) is 36.4 Å². The van der Waals surface area contributed by atoms with Gasteiger partial charge in [-0.2, -0.15) is 0 Å². The van der Waals surface area contributed by atoms with E-state index in [0.29, 0.717) is 11.3 Å². The number of methoxy groups -OCH3 is 1. The molecule has 6 heteroatoms. The lowest BCUT2D eigenvalue weighted by molar-refractivity contribution is -0.143. The van der Waals surface area contributed by atoms with Crippen molar-refractivity contribution in [1.29, 1.82) is 0 Å². The van der Waals surface area contributed by atoms with E-state index in [0.717, 1.165) is 0 Å². The van der Waals surface area contributed by atoms with Crippen LogP contribution in [0.15, 0.2) is 53.1 Å². The highest BCUT2D eigenvalue weighted by Gasteiger charge is 2.21. The number of hydrogen-bond donors (Lipinski definition) is 2. The summed E-state index contributed by atoms with van der Waals surface area (Å²) in [5.41, 5.74) is 5.66. The highest BCUT2D eigenvalue weighted by atomic mass is 16.5. The summed E-state index contributed by atoms with van der Waals surface area (Å²) in [6, 6.07) is 11.4. The second-order valence-electron chi connectivity index (χ2n) is 4.32. The van der Waals surface area contributed by atoms with Crippen LogP contribution in [0.2, 0.25) is 0 Å². The van der Waals surface area contributed by atoms with Gasteiger partial charge in [0.15, 0.2) is 0 Å². The third-order valence-corrected chi connectivity index (χ3v) is 2.87. The molecule has 1 atom stereocenters. The molecule has 2 N–H and O–H groups in total. The number of furan rings is 1. The lowest BCUT2D eigenvalue weighted by atomic mass is 10.2. The minimum atomic E-state index is -0.728. The zero-order valence-electron chi connectivity index (χ0n) is 11.5. The van der Waals surface area contributed by atoms with E-state index in [2.05, 4.69) is 10.9 Å². The van der Waals surface area contributed by atoms with Crippen molar-refractivity contribution in [3.8, 4) is 0 Å². The molecule has 0 bridgehead atoms. The van der Waals surface area contributed by atoms with E-state index in [1.165, 1.54) is 13.4 Å². The Labute approximate surface area is 122 Å². The molecule has 1 aromatic heterocycles. The Morgan fingerprint density at radius 2 is 1.95 bits per heavy atom. The SMILES string of the molecule is COC(=O)[C@@H](Cc1ccco1)NNC(=O)c1ccccc1. The fourth-order valence-corrected chi connectivity index (χ4v) is 1.78. The maximum absolute atomic E-state index is 11.9. The number of carbonyl (C=O) groups is 2. The number of esters is 1. The molecule has 2 rings (SSSR count). The van der Waals surface area contributed by atoms with Crippen molar-refractivity contribution in [2.24, 2.45) is 0 Å². The normalized spacial score (nSPS) is 11.7. The Bertz CT molecular complexity index is 581. The number of rotatable bonds is 6. The van der Waals surface area contributed by atoms with E-state index < -0.39 is 12.0 Å². The quantitative estimate of drug-likeness (QED) is 0.618. The molecule has 0 fully saturated rings. The molecule has 0 spiro atoms. The maximum Gasteiger partial charge on any atom is 0.325 e. The Hall–Kier alpha value is -2.60. The summed E-state index contributed by atoms with van der Waals surface area (Å²) in [5, 5.41) is 0. The summed E-state index contributed by atoms with van der Waals surface area (Å²) in [6.07, 6.45) is 1.79. The number of amides is 1. The van der Waals surface area contributed by atoms with Crippen molar-refractivity contribution in [3.63, 3.8) is 0 Å². The number of benzene rings is 1. The van der Waals surface area contributed by atoms with Gasteiger partial charge in [0.05, 0.1) is 13.4 Å².